The summed E-state index contributed by atoms with van der Waals surface area (Å²) in [4.78, 5) is 17.2. The predicted octanol–water partition coefficient (Wildman–Crippen LogP) is 3.45. The minimum atomic E-state index is -3.52. The maximum atomic E-state index is 12.9. The minimum Gasteiger partial charge on any atom is -0.454 e. The van der Waals surface area contributed by atoms with Crippen molar-refractivity contribution in [1.82, 2.24) is 9.29 Å². The lowest BCUT2D eigenvalue weighted by Gasteiger charge is -2.25. The van der Waals surface area contributed by atoms with Crippen LogP contribution in [0.1, 0.15) is 29.6 Å². The van der Waals surface area contributed by atoms with Gasteiger partial charge in [0.1, 0.15) is 0 Å². The Bertz CT molecular complexity index is 1230. The van der Waals surface area contributed by atoms with E-state index in [0.29, 0.717) is 45.5 Å². The van der Waals surface area contributed by atoms with Crippen molar-refractivity contribution in [2.24, 2.45) is 0 Å². The first-order chi connectivity index (χ1) is 14.5. The van der Waals surface area contributed by atoms with Crippen LogP contribution in [0.25, 0.3) is 10.2 Å². The number of thiazole rings is 1. The van der Waals surface area contributed by atoms with Gasteiger partial charge in [0, 0.05) is 18.7 Å². The highest BCUT2D eigenvalue weighted by molar-refractivity contribution is 7.89. The molecule has 0 unspecified atom stereocenters. The van der Waals surface area contributed by atoms with Gasteiger partial charge in [-0.2, -0.15) is 4.31 Å². The van der Waals surface area contributed by atoms with Crippen LogP contribution < -0.4 is 14.8 Å². The average molecular weight is 446 g/mol. The van der Waals surface area contributed by atoms with E-state index in [2.05, 4.69) is 10.3 Å². The van der Waals surface area contributed by atoms with E-state index < -0.39 is 10.0 Å². The fraction of sp³-hybridized carbons (Fsp3) is 0.300. The minimum absolute atomic E-state index is 0.140. The molecule has 3 heterocycles. The number of piperidine rings is 1. The number of carbonyl (C=O) groups is 1. The third-order valence-electron chi connectivity index (χ3n) is 5.17. The molecular weight excluding hydrogens is 426 g/mol. The molecule has 1 amide bonds. The Morgan fingerprint density at radius 3 is 2.67 bits per heavy atom. The number of anilines is 1. The molecule has 2 aromatic carbocycles. The zero-order chi connectivity index (χ0) is 20.7. The molecule has 0 bridgehead atoms. The molecule has 0 spiro atoms. The molecule has 1 fully saturated rings. The summed E-state index contributed by atoms with van der Waals surface area (Å²) in [5.74, 6) is 0.807. The third kappa shape index (κ3) is 3.51. The van der Waals surface area contributed by atoms with Gasteiger partial charge in [-0.25, -0.2) is 13.4 Å². The highest BCUT2D eigenvalue weighted by Crippen LogP contribution is 2.33. The SMILES string of the molecule is O=C(Nc1nc2ccc(S(=O)(=O)N3CCCCC3)cc2s1)c1ccc2c(c1)OCO2. The van der Waals surface area contributed by atoms with E-state index in [4.69, 9.17) is 9.47 Å². The van der Waals surface area contributed by atoms with E-state index in [1.807, 2.05) is 0 Å². The average Bonchev–Trinajstić information content (AvgIpc) is 3.39. The van der Waals surface area contributed by atoms with Crippen LogP contribution in [0.15, 0.2) is 41.3 Å². The Morgan fingerprint density at radius 2 is 1.83 bits per heavy atom. The lowest BCUT2D eigenvalue weighted by Crippen LogP contribution is -2.35. The van der Waals surface area contributed by atoms with Crippen LogP contribution in [-0.2, 0) is 10.0 Å². The molecule has 1 aromatic heterocycles. The second kappa shape index (κ2) is 7.53. The van der Waals surface area contributed by atoms with Gasteiger partial charge >= 0.3 is 0 Å². The van der Waals surface area contributed by atoms with E-state index >= 15 is 0 Å². The first-order valence-electron chi connectivity index (χ1n) is 9.62. The van der Waals surface area contributed by atoms with Crippen LogP contribution in [0.2, 0.25) is 0 Å². The summed E-state index contributed by atoms with van der Waals surface area (Å²) in [5.41, 5.74) is 1.06. The molecule has 3 aromatic rings. The van der Waals surface area contributed by atoms with Crippen LogP contribution in [0.5, 0.6) is 11.5 Å². The van der Waals surface area contributed by atoms with Gasteiger partial charge < -0.3 is 9.47 Å². The van der Waals surface area contributed by atoms with Crippen molar-refractivity contribution >= 4 is 42.6 Å². The smallest absolute Gasteiger partial charge is 0.257 e. The van der Waals surface area contributed by atoms with Gasteiger partial charge in [0.15, 0.2) is 16.6 Å². The molecule has 30 heavy (non-hydrogen) atoms. The van der Waals surface area contributed by atoms with Crippen molar-refractivity contribution < 1.29 is 22.7 Å². The number of benzene rings is 2. The predicted molar refractivity (Wildman–Crippen MR) is 113 cm³/mol. The molecule has 0 aliphatic carbocycles. The number of sulfonamides is 1. The fourth-order valence-electron chi connectivity index (χ4n) is 3.58. The Labute approximate surface area is 177 Å². The van der Waals surface area contributed by atoms with Crippen LogP contribution in [0, 0.1) is 0 Å². The highest BCUT2D eigenvalue weighted by Gasteiger charge is 2.26. The first-order valence-corrected chi connectivity index (χ1v) is 11.9. The molecule has 10 heteroatoms. The van der Waals surface area contributed by atoms with Gasteiger partial charge in [-0.15, -0.1) is 0 Å². The molecule has 2 aliphatic rings. The summed E-state index contributed by atoms with van der Waals surface area (Å²) in [5, 5.41) is 3.18. The Kier molecular flexibility index (Phi) is 4.84. The van der Waals surface area contributed by atoms with E-state index in [0.717, 1.165) is 19.3 Å². The van der Waals surface area contributed by atoms with Crippen molar-refractivity contribution in [2.45, 2.75) is 24.2 Å². The topological polar surface area (TPSA) is 97.8 Å². The summed E-state index contributed by atoms with van der Waals surface area (Å²) >= 11 is 1.24. The maximum absolute atomic E-state index is 12.9. The summed E-state index contributed by atoms with van der Waals surface area (Å²) < 4.78 is 38.6. The fourth-order valence-corrected chi connectivity index (χ4v) is 6.10. The second-order valence-corrected chi connectivity index (χ2v) is 10.1. The summed E-state index contributed by atoms with van der Waals surface area (Å²) in [6, 6.07) is 9.85. The molecule has 0 saturated carbocycles. The zero-order valence-corrected chi connectivity index (χ0v) is 17.6. The molecule has 0 atom stereocenters. The number of carbonyl (C=O) groups excluding carboxylic acids is 1. The van der Waals surface area contributed by atoms with Crippen molar-refractivity contribution in [1.29, 1.82) is 0 Å². The normalized spacial score (nSPS) is 16.7. The second-order valence-electron chi connectivity index (χ2n) is 7.14. The lowest BCUT2D eigenvalue weighted by molar-refractivity contribution is 0.102. The summed E-state index contributed by atoms with van der Waals surface area (Å²) in [7, 11) is -3.52. The van der Waals surface area contributed by atoms with Crippen LogP contribution in [-0.4, -0.2) is 43.5 Å². The van der Waals surface area contributed by atoms with Gasteiger partial charge in [-0.05, 0) is 49.2 Å². The number of rotatable bonds is 4. The molecule has 5 rings (SSSR count). The molecule has 1 N–H and O–H groups in total. The number of amides is 1. The highest BCUT2D eigenvalue weighted by atomic mass is 32.2. The van der Waals surface area contributed by atoms with Gasteiger partial charge in [0.05, 0.1) is 15.1 Å². The zero-order valence-electron chi connectivity index (χ0n) is 16.0. The molecule has 0 radical (unpaired) electrons. The number of nitrogens with one attached hydrogen (secondary N) is 1. The Morgan fingerprint density at radius 1 is 1.03 bits per heavy atom. The van der Waals surface area contributed by atoms with E-state index in [9.17, 15) is 13.2 Å². The van der Waals surface area contributed by atoms with Gasteiger partial charge in [0.25, 0.3) is 5.91 Å². The first kappa shape index (κ1) is 19.3. The Hall–Kier alpha value is -2.69. The van der Waals surface area contributed by atoms with E-state index in [1.54, 1.807) is 40.7 Å². The number of hydrogen-bond donors (Lipinski definition) is 1. The van der Waals surface area contributed by atoms with Gasteiger partial charge in [-0.3, -0.25) is 10.1 Å². The number of fused-ring (bicyclic) bond motifs is 2. The number of ether oxygens (including phenoxy) is 2. The third-order valence-corrected chi connectivity index (χ3v) is 8.00. The van der Waals surface area contributed by atoms with Crippen molar-refractivity contribution in [3.63, 3.8) is 0 Å². The molecule has 8 nitrogen and oxygen atoms in total. The van der Waals surface area contributed by atoms with Gasteiger partial charge in [0.2, 0.25) is 16.8 Å². The van der Waals surface area contributed by atoms with Crippen molar-refractivity contribution in [2.75, 3.05) is 25.2 Å². The van der Waals surface area contributed by atoms with Crippen molar-refractivity contribution in [3.8, 4) is 11.5 Å². The summed E-state index contributed by atoms with van der Waals surface area (Å²) in [6.45, 7) is 1.25. The Balaban J connectivity index is 1.38. The van der Waals surface area contributed by atoms with E-state index in [1.165, 1.54) is 11.3 Å². The van der Waals surface area contributed by atoms with Gasteiger partial charge in [-0.1, -0.05) is 17.8 Å². The van der Waals surface area contributed by atoms with Crippen LogP contribution >= 0.6 is 11.3 Å². The standard InChI is InChI=1S/C20H19N3O5S2/c24-19(13-4-7-16-17(10-13)28-12-27-16)22-20-21-15-6-5-14(11-18(15)29-20)30(25,26)23-8-2-1-3-9-23/h4-7,10-11H,1-3,8-9,12H2,(H,21,22,24). The van der Waals surface area contributed by atoms with Crippen LogP contribution in [0.3, 0.4) is 0 Å². The van der Waals surface area contributed by atoms with E-state index in [-0.39, 0.29) is 17.6 Å². The number of nitrogens with zero attached hydrogens (tertiary/aromatic N) is 2. The molecular formula is C20H19N3O5S2. The quantitative estimate of drug-likeness (QED) is 0.661. The maximum Gasteiger partial charge on any atom is 0.257 e. The number of aromatic nitrogens is 1. The number of hydrogen-bond acceptors (Lipinski definition) is 7. The monoisotopic (exact) mass is 445 g/mol. The van der Waals surface area contributed by atoms with Crippen molar-refractivity contribution in [3.05, 3.63) is 42.0 Å². The van der Waals surface area contributed by atoms with Crippen LogP contribution in [0.4, 0.5) is 5.13 Å². The summed E-state index contributed by atoms with van der Waals surface area (Å²) in [6.07, 6.45) is 2.84. The lowest BCUT2D eigenvalue weighted by atomic mass is 10.2. The molecule has 2 aliphatic heterocycles. The largest absolute Gasteiger partial charge is 0.454 e. The molecule has 1 saturated heterocycles. The molecule has 156 valence electrons.